The lowest BCUT2D eigenvalue weighted by Crippen LogP contribution is -2.41. The molecule has 0 saturated carbocycles. The Kier molecular flexibility index (Phi) is 5.11. The SMILES string of the molecule is C=CCCC(NC(=O)c1nn(C)c(C)c1Cl)C(=O)O. The molecule has 2 N–H and O–H groups in total. The van der Waals surface area contributed by atoms with Crippen LogP contribution in [0.15, 0.2) is 12.7 Å². The Balaban J connectivity index is 2.84. The first-order valence-electron chi connectivity index (χ1n) is 5.72. The number of hydrogen-bond donors (Lipinski definition) is 2. The Morgan fingerprint density at radius 2 is 2.26 bits per heavy atom. The molecule has 0 aliphatic carbocycles. The summed E-state index contributed by atoms with van der Waals surface area (Å²) < 4.78 is 1.47. The Bertz CT molecular complexity index is 511. The molecule has 1 unspecified atom stereocenters. The maximum Gasteiger partial charge on any atom is 0.326 e. The molecular formula is C12H16ClN3O3. The molecule has 0 bridgehead atoms. The topological polar surface area (TPSA) is 84.2 Å². The maximum absolute atomic E-state index is 11.9. The van der Waals surface area contributed by atoms with Crippen molar-refractivity contribution in [3.8, 4) is 0 Å². The van der Waals surface area contributed by atoms with E-state index in [1.807, 2.05) is 0 Å². The predicted octanol–water partition coefficient (Wildman–Crippen LogP) is 1.53. The van der Waals surface area contributed by atoms with E-state index in [9.17, 15) is 9.59 Å². The smallest absolute Gasteiger partial charge is 0.326 e. The van der Waals surface area contributed by atoms with Gasteiger partial charge in [-0.1, -0.05) is 17.7 Å². The van der Waals surface area contributed by atoms with Crippen molar-refractivity contribution in [2.24, 2.45) is 7.05 Å². The van der Waals surface area contributed by atoms with Crippen LogP contribution in [0, 0.1) is 6.92 Å². The maximum atomic E-state index is 11.9. The van der Waals surface area contributed by atoms with Gasteiger partial charge in [-0.25, -0.2) is 4.79 Å². The van der Waals surface area contributed by atoms with Crippen molar-refractivity contribution in [2.75, 3.05) is 0 Å². The van der Waals surface area contributed by atoms with Crippen molar-refractivity contribution in [1.82, 2.24) is 15.1 Å². The van der Waals surface area contributed by atoms with Crippen LogP contribution in [0.3, 0.4) is 0 Å². The number of nitrogens with zero attached hydrogens (tertiary/aromatic N) is 2. The molecule has 0 aromatic carbocycles. The summed E-state index contributed by atoms with van der Waals surface area (Å²) in [6, 6.07) is -0.983. The van der Waals surface area contributed by atoms with Gasteiger partial charge in [0, 0.05) is 7.05 Å². The number of amides is 1. The number of aliphatic carboxylic acids is 1. The minimum atomic E-state index is -1.10. The van der Waals surface area contributed by atoms with Crippen LogP contribution in [0.2, 0.25) is 5.02 Å². The Labute approximate surface area is 116 Å². The van der Waals surface area contributed by atoms with E-state index in [2.05, 4.69) is 17.0 Å². The highest BCUT2D eigenvalue weighted by Gasteiger charge is 2.24. The summed E-state index contributed by atoms with van der Waals surface area (Å²) >= 11 is 5.97. The molecule has 0 radical (unpaired) electrons. The lowest BCUT2D eigenvalue weighted by Gasteiger charge is -2.12. The number of carboxylic acids is 1. The Hall–Kier alpha value is -1.82. The van der Waals surface area contributed by atoms with Crippen molar-refractivity contribution < 1.29 is 14.7 Å². The third-order valence-electron chi connectivity index (χ3n) is 2.74. The van der Waals surface area contributed by atoms with Gasteiger partial charge in [0.05, 0.1) is 10.7 Å². The molecule has 6 nitrogen and oxygen atoms in total. The quantitative estimate of drug-likeness (QED) is 0.776. The summed E-state index contributed by atoms with van der Waals surface area (Å²) in [5, 5.41) is 15.6. The number of allylic oxidation sites excluding steroid dienone is 1. The average Bonchev–Trinajstić information content (AvgIpc) is 2.61. The third kappa shape index (κ3) is 3.57. The lowest BCUT2D eigenvalue weighted by molar-refractivity contribution is -0.139. The highest BCUT2D eigenvalue weighted by molar-refractivity contribution is 6.34. The summed E-state index contributed by atoms with van der Waals surface area (Å²) in [5.74, 6) is -1.69. The first-order chi connectivity index (χ1) is 8.88. The van der Waals surface area contributed by atoms with Crippen LogP contribution in [-0.4, -0.2) is 32.8 Å². The highest BCUT2D eigenvalue weighted by atomic mass is 35.5. The van der Waals surface area contributed by atoms with Crippen molar-refractivity contribution in [2.45, 2.75) is 25.8 Å². The van der Waals surface area contributed by atoms with Gasteiger partial charge < -0.3 is 10.4 Å². The van der Waals surface area contributed by atoms with E-state index in [1.54, 1.807) is 20.0 Å². The van der Waals surface area contributed by atoms with E-state index in [-0.39, 0.29) is 17.1 Å². The predicted molar refractivity (Wildman–Crippen MR) is 71.3 cm³/mol. The van der Waals surface area contributed by atoms with Crippen molar-refractivity contribution in [3.63, 3.8) is 0 Å². The molecule has 104 valence electrons. The molecule has 0 saturated heterocycles. The third-order valence-corrected chi connectivity index (χ3v) is 3.19. The van der Waals surface area contributed by atoms with Gasteiger partial charge in [0.2, 0.25) is 0 Å². The molecule has 1 amide bonds. The fourth-order valence-electron chi connectivity index (χ4n) is 1.50. The van der Waals surface area contributed by atoms with Gasteiger partial charge in [-0.15, -0.1) is 6.58 Å². The molecule has 0 fully saturated rings. The van der Waals surface area contributed by atoms with Crippen LogP contribution in [0.1, 0.15) is 29.0 Å². The first kappa shape index (κ1) is 15.2. The largest absolute Gasteiger partial charge is 0.480 e. The molecule has 19 heavy (non-hydrogen) atoms. The number of halogens is 1. The highest BCUT2D eigenvalue weighted by Crippen LogP contribution is 2.19. The molecule has 1 atom stereocenters. The summed E-state index contributed by atoms with van der Waals surface area (Å²) in [4.78, 5) is 23.0. The molecule has 1 heterocycles. The molecule has 0 spiro atoms. The monoisotopic (exact) mass is 285 g/mol. The fraction of sp³-hybridized carbons (Fsp3) is 0.417. The number of nitrogens with one attached hydrogen (secondary N) is 1. The second kappa shape index (κ2) is 6.38. The van der Waals surface area contributed by atoms with Crippen LogP contribution < -0.4 is 5.32 Å². The molecular weight excluding hydrogens is 270 g/mol. The Morgan fingerprint density at radius 1 is 1.63 bits per heavy atom. The van der Waals surface area contributed by atoms with E-state index in [4.69, 9.17) is 16.7 Å². The van der Waals surface area contributed by atoms with Gasteiger partial charge in [-0.05, 0) is 19.8 Å². The second-order valence-electron chi connectivity index (χ2n) is 4.10. The van der Waals surface area contributed by atoms with Gasteiger partial charge in [0.1, 0.15) is 6.04 Å². The zero-order valence-corrected chi connectivity index (χ0v) is 11.6. The van der Waals surface area contributed by atoms with Crippen LogP contribution in [0.4, 0.5) is 0 Å². The van der Waals surface area contributed by atoms with E-state index in [1.165, 1.54) is 4.68 Å². The fourth-order valence-corrected chi connectivity index (χ4v) is 1.74. The lowest BCUT2D eigenvalue weighted by atomic mass is 10.1. The van der Waals surface area contributed by atoms with E-state index in [0.29, 0.717) is 12.1 Å². The van der Waals surface area contributed by atoms with Gasteiger partial charge in [0.15, 0.2) is 5.69 Å². The van der Waals surface area contributed by atoms with Gasteiger partial charge in [-0.3, -0.25) is 9.48 Å². The summed E-state index contributed by atoms with van der Waals surface area (Å²) in [5.41, 5.74) is 0.677. The summed E-state index contributed by atoms with van der Waals surface area (Å²) in [6.07, 6.45) is 2.36. The minimum absolute atomic E-state index is 0.0338. The van der Waals surface area contributed by atoms with Gasteiger partial charge in [-0.2, -0.15) is 5.10 Å². The molecule has 1 aromatic heterocycles. The van der Waals surface area contributed by atoms with Crippen LogP contribution in [0.5, 0.6) is 0 Å². The van der Waals surface area contributed by atoms with E-state index in [0.717, 1.165) is 0 Å². The molecule has 0 aliphatic rings. The second-order valence-corrected chi connectivity index (χ2v) is 4.48. The summed E-state index contributed by atoms with van der Waals surface area (Å²) in [6.45, 7) is 5.24. The minimum Gasteiger partial charge on any atom is -0.480 e. The van der Waals surface area contributed by atoms with E-state index < -0.39 is 17.9 Å². The number of rotatable bonds is 6. The number of hydrogen-bond acceptors (Lipinski definition) is 3. The molecule has 1 aromatic rings. The first-order valence-corrected chi connectivity index (χ1v) is 6.10. The van der Waals surface area contributed by atoms with E-state index >= 15 is 0 Å². The van der Waals surface area contributed by atoms with Crippen molar-refractivity contribution >= 4 is 23.5 Å². The number of carbonyl (C=O) groups excluding carboxylic acids is 1. The number of carbonyl (C=O) groups is 2. The molecule has 7 heteroatoms. The Morgan fingerprint density at radius 3 is 2.68 bits per heavy atom. The molecule has 1 rings (SSSR count). The summed E-state index contributed by atoms with van der Waals surface area (Å²) in [7, 11) is 1.66. The number of aromatic nitrogens is 2. The zero-order chi connectivity index (χ0) is 14.6. The van der Waals surface area contributed by atoms with Crippen LogP contribution in [-0.2, 0) is 11.8 Å². The van der Waals surface area contributed by atoms with Crippen LogP contribution in [0.25, 0.3) is 0 Å². The molecule has 0 aliphatic heterocycles. The number of carboxylic acid groups (broad SMARTS) is 1. The van der Waals surface area contributed by atoms with Crippen molar-refractivity contribution in [1.29, 1.82) is 0 Å². The average molecular weight is 286 g/mol. The standard InChI is InChI=1S/C12H16ClN3O3/c1-4-5-6-8(12(18)19)14-11(17)10-9(13)7(2)16(3)15-10/h4,8H,1,5-6H2,2-3H3,(H,14,17)(H,18,19). The van der Waals surface area contributed by atoms with Crippen LogP contribution >= 0.6 is 11.6 Å². The normalized spacial score (nSPS) is 11.9. The van der Waals surface area contributed by atoms with Gasteiger partial charge >= 0.3 is 5.97 Å². The van der Waals surface area contributed by atoms with Gasteiger partial charge in [0.25, 0.3) is 5.91 Å². The van der Waals surface area contributed by atoms with Crippen molar-refractivity contribution in [3.05, 3.63) is 29.1 Å². The zero-order valence-electron chi connectivity index (χ0n) is 10.8. The number of aryl methyl sites for hydroxylation is 1.